The summed E-state index contributed by atoms with van der Waals surface area (Å²) in [4.78, 5) is 11.0. The highest BCUT2D eigenvalue weighted by atomic mass is 35.5. The second kappa shape index (κ2) is 5.01. The summed E-state index contributed by atoms with van der Waals surface area (Å²) in [7, 11) is 0. The second-order valence-corrected chi connectivity index (χ2v) is 3.67. The van der Waals surface area contributed by atoms with E-state index in [9.17, 15) is 4.79 Å². The fraction of sp³-hybridized carbons (Fsp3) is 0.364. The van der Waals surface area contributed by atoms with Crippen LogP contribution in [0.4, 0.5) is 0 Å². The van der Waals surface area contributed by atoms with Crippen LogP contribution in [0.1, 0.15) is 31.2 Å². The maximum absolute atomic E-state index is 11.0. The van der Waals surface area contributed by atoms with E-state index < -0.39 is 11.9 Å². The molecule has 3 heteroatoms. The lowest BCUT2D eigenvalue weighted by molar-refractivity contribution is -0.139. The van der Waals surface area contributed by atoms with Crippen molar-refractivity contribution in [1.82, 2.24) is 0 Å². The zero-order valence-electron chi connectivity index (χ0n) is 8.03. The molecule has 0 heterocycles. The molecule has 0 fully saturated rings. The van der Waals surface area contributed by atoms with Crippen LogP contribution in [0.5, 0.6) is 0 Å². The summed E-state index contributed by atoms with van der Waals surface area (Å²) >= 11 is 5.80. The molecule has 0 bridgehead atoms. The Balaban J connectivity index is 2.93. The molecule has 1 aromatic carbocycles. The molecule has 0 spiro atoms. The Morgan fingerprint density at radius 3 is 2.79 bits per heavy atom. The summed E-state index contributed by atoms with van der Waals surface area (Å²) in [6.45, 7) is 1.97. The van der Waals surface area contributed by atoms with Crippen molar-refractivity contribution in [2.75, 3.05) is 0 Å². The number of carboxylic acids is 1. The van der Waals surface area contributed by atoms with Crippen LogP contribution in [-0.2, 0) is 4.79 Å². The minimum atomic E-state index is -0.783. The molecular weight excluding hydrogens is 200 g/mol. The van der Waals surface area contributed by atoms with Crippen LogP contribution in [0, 0.1) is 0 Å². The highest BCUT2D eigenvalue weighted by molar-refractivity contribution is 6.30. The first-order chi connectivity index (χ1) is 6.65. The first-order valence-corrected chi connectivity index (χ1v) is 5.01. The van der Waals surface area contributed by atoms with Gasteiger partial charge in [0.2, 0.25) is 0 Å². The average molecular weight is 213 g/mol. The van der Waals surface area contributed by atoms with Crippen LogP contribution in [0.15, 0.2) is 24.3 Å². The third kappa shape index (κ3) is 2.74. The maximum atomic E-state index is 11.0. The van der Waals surface area contributed by atoms with Crippen LogP contribution in [0.3, 0.4) is 0 Å². The average Bonchev–Trinajstić information content (AvgIpc) is 2.13. The lowest BCUT2D eigenvalue weighted by Crippen LogP contribution is -2.11. The van der Waals surface area contributed by atoms with E-state index in [-0.39, 0.29) is 0 Å². The molecular formula is C11H13ClO2. The SMILES string of the molecule is CCCC(C(=O)O)c1cccc(Cl)c1. The first-order valence-electron chi connectivity index (χ1n) is 4.63. The number of carboxylic acid groups (broad SMARTS) is 1. The number of hydrogen-bond donors (Lipinski definition) is 1. The van der Waals surface area contributed by atoms with Gasteiger partial charge < -0.3 is 5.11 Å². The Bertz CT molecular complexity index is 323. The number of carbonyl (C=O) groups is 1. The van der Waals surface area contributed by atoms with Gasteiger partial charge in [-0.2, -0.15) is 0 Å². The van der Waals surface area contributed by atoms with E-state index in [4.69, 9.17) is 16.7 Å². The number of rotatable bonds is 4. The molecule has 0 radical (unpaired) electrons. The Hall–Kier alpha value is -1.02. The van der Waals surface area contributed by atoms with Gasteiger partial charge in [0.05, 0.1) is 5.92 Å². The molecule has 0 aliphatic carbocycles. The molecule has 76 valence electrons. The number of hydrogen-bond acceptors (Lipinski definition) is 1. The van der Waals surface area contributed by atoms with Crippen LogP contribution >= 0.6 is 11.6 Å². The molecule has 1 rings (SSSR count). The van der Waals surface area contributed by atoms with Gasteiger partial charge in [0.15, 0.2) is 0 Å². The van der Waals surface area contributed by atoms with E-state index in [0.717, 1.165) is 12.0 Å². The summed E-state index contributed by atoms with van der Waals surface area (Å²) in [6, 6.07) is 7.05. The van der Waals surface area contributed by atoms with Gasteiger partial charge in [0.25, 0.3) is 0 Å². The lowest BCUT2D eigenvalue weighted by atomic mass is 9.95. The van der Waals surface area contributed by atoms with Crippen molar-refractivity contribution < 1.29 is 9.90 Å². The summed E-state index contributed by atoms with van der Waals surface area (Å²) in [6.07, 6.45) is 1.50. The Morgan fingerprint density at radius 1 is 1.57 bits per heavy atom. The van der Waals surface area contributed by atoms with Crippen LogP contribution in [0.2, 0.25) is 5.02 Å². The normalized spacial score (nSPS) is 12.4. The van der Waals surface area contributed by atoms with Crippen molar-refractivity contribution in [2.24, 2.45) is 0 Å². The highest BCUT2D eigenvalue weighted by Gasteiger charge is 2.18. The standard InChI is InChI=1S/C11H13ClO2/c1-2-4-10(11(13)14)8-5-3-6-9(12)7-8/h3,5-7,10H,2,4H2,1H3,(H,13,14). The summed E-state index contributed by atoms with van der Waals surface area (Å²) in [5.41, 5.74) is 0.784. The lowest BCUT2D eigenvalue weighted by Gasteiger charge is -2.11. The maximum Gasteiger partial charge on any atom is 0.310 e. The van der Waals surface area contributed by atoms with Gasteiger partial charge in [-0.15, -0.1) is 0 Å². The zero-order valence-corrected chi connectivity index (χ0v) is 8.79. The van der Waals surface area contributed by atoms with Gasteiger partial charge in [-0.05, 0) is 24.1 Å². The van der Waals surface area contributed by atoms with Crippen molar-refractivity contribution in [3.63, 3.8) is 0 Å². The van der Waals surface area contributed by atoms with E-state index in [1.54, 1.807) is 24.3 Å². The first kappa shape index (κ1) is 11.1. The summed E-state index contributed by atoms with van der Waals surface area (Å²) in [5, 5.41) is 9.59. The van der Waals surface area contributed by atoms with E-state index >= 15 is 0 Å². The molecule has 1 unspecified atom stereocenters. The van der Waals surface area contributed by atoms with Crippen molar-refractivity contribution in [2.45, 2.75) is 25.7 Å². The zero-order chi connectivity index (χ0) is 10.6. The topological polar surface area (TPSA) is 37.3 Å². The second-order valence-electron chi connectivity index (χ2n) is 3.23. The van der Waals surface area contributed by atoms with Crippen LogP contribution in [0.25, 0.3) is 0 Å². The fourth-order valence-corrected chi connectivity index (χ4v) is 1.64. The van der Waals surface area contributed by atoms with Crippen LogP contribution in [-0.4, -0.2) is 11.1 Å². The number of halogens is 1. The molecule has 1 atom stereocenters. The smallest absolute Gasteiger partial charge is 0.310 e. The molecule has 1 N–H and O–H groups in total. The third-order valence-electron chi connectivity index (χ3n) is 2.13. The van der Waals surface area contributed by atoms with Gasteiger partial charge >= 0.3 is 5.97 Å². The monoisotopic (exact) mass is 212 g/mol. The molecule has 1 aromatic rings. The quantitative estimate of drug-likeness (QED) is 0.832. The minimum absolute atomic E-state index is 0.432. The fourth-order valence-electron chi connectivity index (χ4n) is 1.44. The third-order valence-corrected chi connectivity index (χ3v) is 2.36. The molecule has 0 saturated heterocycles. The molecule has 0 aromatic heterocycles. The Morgan fingerprint density at radius 2 is 2.29 bits per heavy atom. The molecule has 2 nitrogen and oxygen atoms in total. The molecule has 0 amide bonds. The van der Waals surface area contributed by atoms with Crippen molar-refractivity contribution >= 4 is 17.6 Å². The number of aliphatic carboxylic acids is 1. The summed E-state index contributed by atoms with van der Waals surface area (Å²) < 4.78 is 0. The predicted molar refractivity (Wildman–Crippen MR) is 56.7 cm³/mol. The van der Waals surface area contributed by atoms with Crippen molar-refractivity contribution in [1.29, 1.82) is 0 Å². The molecule has 0 saturated carbocycles. The number of benzene rings is 1. The Kier molecular flexibility index (Phi) is 3.96. The van der Waals surface area contributed by atoms with Crippen LogP contribution < -0.4 is 0 Å². The molecule has 0 aliphatic rings. The van der Waals surface area contributed by atoms with Gasteiger partial charge in [0, 0.05) is 5.02 Å². The minimum Gasteiger partial charge on any atom is -0.481 e. The van der Waals surface area contributed by atoms with E-state index in [0.29, 0.717) is 11.4 Å². The van der Waals surface area contributed by atoms with E-state index in [1.807, 2.05) is 6.92 Å². The van der Waals surface area contributed by atoms with Gasteiger partial charge in [-0.25, -0.2) is 0 Å². The van der Waals surface area contributed by atoms with Crippen molar-refractivity contribution in [3.8, 4) is 0 Å². The van der Waals surface area contributed by atoms with Gasteiger partial charge in [-0.3, -0.25) is 4.79 Å². The van der Waals surface area contributed by atoms with Gasteiger partial charge in [0.1, 0.15) is 0 Å². The van der Waals surface area contributed by atoms with E-state index in [1.165, 1.54) is 0 Å². The van der Waals surface area contributed by atoms with Gasteiger partial charge in [-0.1, -0.05) is 37.1 Å². The molecule has 14 heavy (non-hydrogen) atoms. The summed E-state index contributed by atoms with van der Waals surface area (Å²) in [5.74, 6) is -1.21. The Labute approximate surface area is 88.5 Å². The molecule has 0 aliphatic heterocycles. The van der Waals surface area contributed by atoms with E-state index in [2.05, 4.69) is 0 Å². The van der Waals surface area contributed by atoms with Crippen molar-refractivity contribution in [3.05, 3.63) is 34.9 Å². The largest absolute Gasteiger partial charge is 0.481 e. The highest BCUT2D eigenvalue weighted by Crippen LogP contribution is 2.23. The predicted octanol–water partition coefficient (Wildman–Crippen LogP) is 3.31.